The van der Waals surface area contributed by atoms with Gasteiger partial charge in [-0.3, -0.25) is 4.79 Å². The van der Waals surface area contributed by atoms with Crippen molar-refractivity contribution in [1.82, 2.24) is 15.2 Å². The number of rotatable bonds is 6. The Labute approximate surface area is 137 Å². The molecule has 24 heavy (non-hydrogen) atoms. The van der Waals surface area contributed by atoms with Crippen LogP contribution in [-0.2, 0) is 9.53 Å². The van der Waals surface area contributed by atoms with E-state index >= 15 is 0 Å². The van der Waals surface area contributed by atoms with Crippen LogP contribution in [0.3, 0.4) is 0 Å². The van der Waals surface area contributed by atoms with Gasteiger partial charge in [0.25, 0.3) is 5.91 Å². The number of para-hydroxylation sites is 1. The SMILES string of the molecule is CCOC(=O)c1ccccc1NC(=O)/C(C#N)=C\Nc1ncn[nH]1. The number of H-pyrrole nitrogens is 1. The molecule has 1 heterocycles. The second kappa shape index (κ2) is 8.09. The first-order chi connectivity index (χ1) is 11.7. The summed E-state index contributed by atoms with van der Waals surface area (Å²) >= 11 is 0. The van der Waals surface area contributed by atoms with Gasteiger partial charge in [0.1, 0.15) is 18.0 Å². The molecule has 3 N–H and O–H groups in total. The molecule has 9 heteroatoms. The summed E-state index contributed by atoms with van der Waals surface area (Å²) in [4.78, 5) is 27.9. The molecule has 0 fully saturated rings. The van der Waals surface area contributed by atoms with Gasteiger partial charge in [-0.05, 0) is 19.1 Å². The van der Waals surface area contributed by atoms with E-state index in [2.05, 4.69) is 25.8 Å². The number of aromatic nitrogens is 3. The number of ether oxygens (including phenoxy) is 1. The summed E-state index contributed by atoms with van der Waals surface area (Å²) in [5.41, 5.74) is 0.250. The minimum Gasteiger partial charge on any atom is -0.462 e. The maximum absolute atomic E-state index is 12.2. The highest BCUT2D eigenvalue weighted by molar-refractivity contribution is 6.09. The number of anilines is 2. The molecule has 0 aliphatic heterocycles. The van der Waals surface area contributed by atoms with Crippen LogP contribution < -0.4 is 10.6 Å². The lowest BCUT2D eigenvalue weighted by Gasteiger charge is -2.09. The molecular formula is C15H14N6O3. The molecule has 1 aromatic carbocycles. The number of carbonyl (C=O) groups is 2. The van der Waals surface area contributed by atoms with Crippen LogP contribution in [0.5, 0.6) is 0 Å². The van der Waals surface area contributed by atoms with Crippen molar-refractivity contribution in [3.63, 3.8) is 0 Å². The van der Waals surface area contributed by atoms with Crippen LogP contribution in [0.15, 0.2) is 42.4 Å². The normalized spacial score (nSPS) is 10.6. The molecule has 0 atom stereocenters. The molecule has 122 valence electrons. The van der Waals surface area contributed by atoms with Crippen molar-refractivity contribution in [3.8, 4) is 6.07 Å². The number of esters is 1. The fourth-order valence-corrected chi connectivity index (χ4v) is 1.73. The van der Waals surface area contributed by atoms with Gasteiger partial charge in [-0.1, -0.05) is 12.1 Å². The highest BCUT2D eigenvalue weighted by atomic mass is 16.5. The van der Waals surface area contributed by atoms with Crippen LogP contribution >= 0.6 is 0 Å². The molecule has 0 aliphatic carbocycles. The maximum atomic E-state index is 12.2. The number of aromatic amines is 1. The first-order valence-electron chi connectivity index (χ1n) is 6.95. The zero-order valence-electron chi connectivity index (χ0n) is 12.7. The van der Waals surface area contributed by atoms with Crippen LogP contribution in [0.4, 0.5) is 11.6 Å². The third-order valence-electron chi connectivity index (χ3n) is 2.80. The minimum absolute atomic E-state index is 0.202. The topological polar surface area (TPSA) is 133 Å². The molecule has 0 bridgehead atoms. The van der Waals surface area contributed by atoms with E-state index in [0.29, 0.717) is 0 Å². The van der Waals surface area contributed by atoms with Gasteiger partial charge in [-0.2, -0.15) is 15.3 Å². The molecule has 9 nitrogen and oxygen atoms in total. The third-order valence-corrected chi connectivity index (χ3v) is 2.80. The lowest BCUT2D eigenvalue weighted by Crippen LogP contribution is -2.17. The Balaban J connectivity index is 2.15. The Bertz CT molecular complexity index is 792. The summed E-state index contributed by atoms with van der Waals surface area (Å²) in [5.74, 6) is -0.959. The Morgan fingerprint density at radius 2 is 2.21 bits per heavy atom. The van der Waals surface area contributed by atoms with Crippen molar-refractivity contribution in [1.29, 1.82) is 5.26 Å². The summed E-state index contributed by atoms with van der Waals surface area (Å²) in [5, 5.41) is 20.4. The van der Waals surface area contributed by atoms with E-state index in [9.17, 15) is 9.59 Å². The Hall–Kier alpha value is -3.67. The standard InChI is InChI=1S/C15H14N6O3/c1-2-24-14(23)11-5-3-4-6-12(11)20-13(22)10(7-16)8-17-15-18-9-19-21-15/h3-6,8-9H,2H2,1H3,(H,20,22)(H2,17,18,19,21)/b10-8-. The summed E-state index contributed by atoms with van der Waals surface area (Å²) in [6.45, 7) is 1.90. The zero-order valence-corrected chi connectivity index (χ0v) is 12.7. The summed E-state index contributed by atoms with van der Waals surface area (Å²) in [7, 11) is 0. The zero-order chi connectivity index (χ0) is 17.4. The number of hydrogen-bond acceptors (Lipinski definition) is 7. The monoisotopic (exact) mass is 326 g/mol. The number of nitriles is 1. The molecule has 1 amide bonds. The molecule has 0 radical (unpaired) electrons. The molecule has 0 unspecified atom stereocenters. The Morgan fingerprint density at radius 1 is 1.42 bits per heavy atom. The van der Waals surface area contributed by atoms with Gasteiger partial charge < -0.3 is 15.4 Å². The first-order valence-corrected chi connectivity index (χ1v) is 6.95. The molecule has 0 saturated heterocycles. The lowest BCUT2D eigenvalue weighted by atomic mass is 10.1. The molecule has 0 saturated carbocycles. The van der Waals surface area contributed by atoms with Crippen molar-refractivity contribution in [2.75, 3.05) is 17.2 Å². The number of benzene rings is 1. The predicted molar refractivity (Wildman–Crippen MR) is 84.7 cm³/mol. The van der Waals surface area contributed by atoms with Crippen molar-refractivity contribution < 1.29 is 14.3 Å². The minimum atomic E-state index is -0.679. The van der Waals surface area contributed by atoms with Gasteiger partial charge >= 0.3 is 5.97 Å². The van der Waals surface area contributed by atoms with Crippen molar-refractivity contribution in [3.05, 3.63) is 47.9 Å². The summed E-state index contributed by atoms with van der Waals surface area (Å²) < 4.78 is 4.93. The van der Waals surface area contributed by atoms with Crippen LogP contribution in [0.25, 0.3) is 0 Å². The molecule has 2 aromatic rings. The van der Waals surface area contributed by atoms with E-state index in [1.165, 1.54) is 18.6 Å². The van der Waals surface area contributed by atoms with Crippen molar-refractivity contribution >= 4 is 23.5 Å². The van der Waals surface area contributed by atoms with Crippen molar-refractivity contribution in [2.45, 2.75) is 6.92 Å². The highest BCUT2D eigenvalue weighted by Gasteiger charge is 2.16. The average Bonchev–Trinajstić information content (AvgIpc) is 3.09. The van der Waals surface area contributed by atoms with Crippen LogP contribution in [0.2, 0.25) is 0 Å². The van der Waals surface area contributed by atoms with Crippen LogP contribution in [0, 0.1) is 11.3 Å². The fourth-order valence-electron chi connectivity index (χ4n) is 1.73. The van der Waals surface area contributed by atoms with Crippen LogP contribution in [0.1, 0.15) is 17.3 Å². The van der Waals surface area contributed by atoms with Gasteiger partial charge in [0.15, 0.2) is 0 Å². The highest BCUT2D eigenvalue weighted by Crippen LogP contribution is 2.17. The van der Waals surface area contributed by atoms with Gasteiger partial charge in [0.05, 0.1) is 17.9 Å². The fraction of sp³-hybridized carbons (Fsp3) is 0.133. The second-order valence-corrected chi connectivity index (χ2v) is 4.37. The van der Waals surface area contributed by atoms with Gasteiger partial charge in [-0.25, -0.2) is 9.89 Å². The van der Waals surface area contributed by atoms with E-state index in [4.69, 9.17) is 10.00 Å². The molecule has 0 aliphatic rings. The van der Waals surface area contributed by atoms with E-state index in [1.54, 1.807) is 31.2 Å². The second-order valence-electron chi connectivity index (χ2n) is 4.37. The largest absolute Gasteiger partial charge is 0.462 e. The smallest absolute Gasteiger partial charge is 0.340 e. The van der Waals surface area contributed by atoms with E-state index in [-0.39, 0.29) is 29.4 Å². The Morgan fingerprint density at radius 3 is 2.88 bits per heavy atom. The number of amides is 1. The lowest BCUT2D eigenvalue weighted by molar-refractivity contribution is -0.112. The quantitative estimate of drug-likeness (QED) is 0.415. The van der Waals surface area contributed by atoms with Crippen molar-refractivity contribution in [2.24, 2.45) is 0 Å². The molecule has 1 aromatic heterocycles. The van der Waals surface area contributed by atoms with E-state index in [1.807, 2.05) is 0 Å². The first kappa shape index (κ1) is 16.7. The predicted octanol–water partition coefficient (Wildman–Crippen LogP) is 1.44. The van der Waals surface area contributed by atoms with Gasteiger partial charge in [0.2, 0.25) is 5.95 Å². The molecule has 2 rings (SSSR count). The summed E-state index contributed by atoms with van der Waals surface area (Å²) in [6, 6.07) is 8.14. The van der Waals surface area contributed by atoms with Gasteiger partial charge in [-0.15, -0.1) is 0 Å². The van der Waals surface area contributed by atoms with Gasteiger partial charge in [0, 0.05) is 6.20 Å². The third kappa shape index (κ3) is 4.17. The average molecular weight is 326 g/mol. The number of hydrogen-bond donors (Lipinski definition) is 3. The maximum Gasteiger partial charge on any atom is 0.340 e. The Kier molecular flexibility index (Phi) is 5.63. The van der Waals surface area contributed by atoms with E-state index < -0.39 is 11.9 Å². The van der Waals surface area contributed by atoms with E-state index in [0.717, 1.165) is 0 Å². The molecule has 0 spiro atoms. The molecular weight excluding hydrogens is 312 g/mol. The summed E-state index contributed by atoms with van der Waals surface area (Å²) in [6.07, 6.45) is 2.46. The number of nitrogens with one attached hydrogen (secondary N) is 3. The number of carbonyl (C=O) groups excluding carboxylic acids is 2. The van der Waals surface area contributed by atoms with Crippen LogP contribution in [-0.4, -0.2) is 33.7 Å². The number of nitrogens with zero attached hydrogens (tertiary/aromatic N) is 3.